The molecule has 19 heavy (non-hydrogen) atoms. The number of aliphatic hydroxyl groups is 1. The Bertz CT molecular complexity index is 530. The molecule has 1 saturated heterocycles. The fourth-order valence-electron chi connectivity index (χ4n) is 3.80. The number of ether oxygens (including phenoxy) is 1. The predicted octanol–water partition coefficient (Wildman–Crippen LogP) is 1.53. The number of Topliss-reactive ketones (excluding diaryl/α,β-unsaturated/α-hetero) is 1. The molecule has 1 saturated carbocycles. The first-order chi connectivity index (χ1) is 8.86. The summed E-state index contributed by atoms with van der Waals surface area (Å²) in [5.41, 5.74) is 1.52. The summed E-state index contributed by atoms with van der Waals surface area (Å²) in [6, 6.07) is 0. The zero-order valence-electron chi connectivity index (χ0n) is 11.2. The lowest BCUT2D eigenvalue weighted by Gasteiger charge is -2.47. The number of fused-ring (bicyclic) bond motifs is 3. The Hall–Kier alpha value is -1.42. The summed E-state index contributed by atoms with van der Waals surface area (Å²) in [6.45, 7) is 7.54. The Morgan fingerprint density at radius 1 is 1.42 bits per heavy atom. The third kappa shape index (κ3) is 1.49. The minimum Gasteiger partial charge on any atom is -0.454 e. The smallest absolute Gasteiger partial charge is 0.334 e. The molecule has 4 heteroatoms. The number of allylic oxidation sites excluding steroid dienone is 1. The van der Waals surface area contributed by atoms with E-state index in [1.54, 1.807) is 6.92 Å². The van der Waals surface area contributed by atoms with Crippen molar-refractivity contribution < 1.29 is 19.4 Å². The highest BCUT2D eigenvalue weighted by atomic mass is 16.6. The molecule has 2 fully saturated rings. The first-order valence-corrected chi connectivity index (χ1v) is 6.68. The first kappa shape index (κ1) is 12.6. The second-order valence-corrected chi connectivity index (χ2v) is 6.10. The van der Waals surface area contributed by atoms with E-state index in [1.165, 1.54) is 0 Å². The van der Waals surface area contributed by atoms with Gasteiger partial charge in [-0.3, -0.25) is 4.79 Å². The molecule has 0 aromatic carbocycles. The van der Waals surface area contributed by atoms with Crippen LogP contribution in [0.5, 0.6) is 0 Å². The number of ketones is 1. The zero-order chi connectivity index (χ0) is 13.9. The van der Waals surface area contributed by atoms with Crippen LogP contribution in [0.25, 0.3) is 0 Å². The van der Waals surface area contributed by atoms with Crippen molar-refractivity contribution in [2.24, 2.45) is 11.3 Å². The topological polar surface area (TPSA) is 63.6 Å². The number of hydrogen-bond donors (Lipinski definition) is 1. The van der Waals surface area contributed by atoms with Gasteiger partial charge in [-0.1, -0.05) is 13.5 Å². The molecule has 1 N–H and O–H groups in total. The maximum absolute atomic E-state index is 12.0. The van der Waals surface area contributed by atoms with E-state index in [0.717, 1.165) is 18.4 Å². The van der Waals surface area contributed by atoms with Gasteiger partial charge in [0, 0.05) is 23.3 Å². The summed E-state index contributed by atoms with van der Waals surface area (Å²) in [6.07, 6.45) is 0.599. The van der Waals surface area contributed by atoms with Crippen LogP contribution in [-0.4, -0.2) is 29.1 Å². The zero-order valence-corrected chi connectivity index (χ0v) is 11.2. The van der Waals surface area contributed by atoms with Crippen molar-refractivity contribution in [1.82, 2.24) is 0 Å². The highest BCUT2D eigenvalue weighted by Crippen LogP contribution is 2.54. The molecule has 3 aliphatic rings. The number of carbonyl (C=O) groups excluding carboxylic acids is 2. The Kier molecular flexibility index (Phi) is 2.52. The van der Waals surface area contributed by atoms with Gasteiger partial charge in [-0.2, -0.15) is 0 Å². The van der Waals surface area contributed by atoms with Gasteiger partial charge in [0.2, 0.25) is 0 Å². The van der Waals surface area contributed by atoms with E-state index in [4.69, 9.17) is 4.74 Å². The molecule has 0 radical (unpaired) electrons. The molecule has 4 nitrogen and oxygen atoms in total. The second-order valence-electron chi connectivity index (χ2n) is 6.10. The van der Waals surface area contributed by atoms with Crippen molar-refractivity contribution in [3.05, 3.63) is 23.3 Å². The van der Waals surface area contributed by atoms with Crippen LogP contribution in [0.1, 0.15) is 33.1 Å². The van der Waals surface area contributed by atoms with Crippen LogP contribution >= 0.6 is 0 Å². The van der Waals surface area contributed by atoms with Gasteiger partial charge in [0.25, 0.3) is 0 Å². The van der Waals surface area contributed by atoms with Gasteiger partial charge < -0.3 is 9.84 Å². The molecule has 0 bridgehead atoms. The molecule has 1 aliphatic heterocycles. The summed E-state index contributed by atoms with van der Waals surface area (Å²) in [7, 11) is 0. The normalized spacial score (nSPS) is 42.1. The lowest BCUT2D eigenvalue weighted by Crippen LogP contribution is -2.49. The fraction of sp³-hybridized carbons (Fsp3) is 0.600. The summed E-state index contributed by atoms with van der Waals surface area (Å²) >= 11 is 0. The van der Waals surface area contributed by atoms with Gasteiger partial charge in [0.15, 0.2) is 5.78 Å². The van der Waals surface area contributed by atoms with Crippen LogP contribution < -0.4 is 0 Å². The maximum Gasteiger partial charge on any atom is 0.334 e. The number of aliphatic hydroxyl groups excluding tert-OH is 1. The van der Waals surface area contributed by atoms with E-state index in [0.29, 0.717) is 11.1 Å². The molecule has 102 valence electrons. The van der Waals surface area contributed by atoms with E-state index in [1.807, 2.05) is 6.92 Å². The first-order valence-electron chi connectivity index (χ1n) is 6.68. The van der Waals surface area contributed by atoms with E-state index in [-0.39, 0.29) is 24.1 Å². The second kappa shape index (κ2) is 3.79. The summed E-state index contributed by atoms with van der Waals surface area (Å²) < 4.78 is 5.42. The number of esters is 1. The highest BCUT2D eigenvalue weighted by molar-refractivity contribution is 5.98. The Labute approximate surface area is 112 Å². The third-order valence-electron chi connectivity index (χ3n) is 5.12. The highest BCUT2D eigenvalue weighted by Gasteiger charge is 2.55. The molecule has 4 atom stereocenters. The molecule has 0 aromatic heterocycles. The van der Waals surface area contributed by atoms with Crippen LogP contribution in [0.2, 0.25) is 0 Å². The molecule has 0 spiro atoms. The average molecular weight is 262 g/mol. The quantitative estimate of drug-likeness (QED) is 0.531. The van der Waals surface area contributed by atoms with Crippen LogP contribution in [0.3, 0.4) is 0 Å². The van der Waals surface area contributed by atoms with Gasteiger partial charge in [0.1, 0.15) is 6.10 Å². The van der Waals surface area contributed by atoms with Gasteiger partial charge in [-0.15, -0.1) is 0 Å². The molecular weight excluding hydrogens is 244 g/mol. The van der Waals surface area contributed by atoms with Crippen LogP contribution in [0, 0.1) is 11.3 Å². The molecule has 0 unspecified atom stereocenters. The number of rotatable bonds is 0. The SMILES string of the molecule is C=C1C(=O)O[C@@H]2C3=C(C)C(=O)C[C@H](O)[C@]3(C)CC[C@@H]12. The Morgan fingerprint density at radius 2 is 2.11 bits per heavy atom. The van der Waals surface area contributed by atoms with Gasteiger partial charge in [-0.05, 0) is 30.9 Å². The van der Waals surface area contributed by atoms with Gasteiger partial charge >= 0.3 is 5.97 Å². The molecular formula is C15H18O4. The molecule has 0 aromatic rings. The lowest BCUT2D eigenvalue weighted by atomic mass is 9.58. The van der Waals surface area contributed by atoms with Crippen LogP contribution in [-0.2, 0) is 14.3 Å². The molecule has 1 heterocycles. The minimum atomic E-state index is -0.688. The minimum absolute atomic E-state index is 0.0383. The van der Waals surface area contributed by atoms with Crippen molar-refractivity contribution in [3.8, 4) is 0 Å². The predicted molar refractivity (Wildman–Crippen MR) is 68.2 cm³/mol. The summed E-state index contributed by atoms with van der Waals surface area (Å²) in [5.74, 6) is -0.454. The molecule has 3 rings (SSSR count). The van der Waals surface area contributed by atoms with Crippen LogP contribution in [0.4, 0.5) is 0 Å². The monoisotopic (exact) mass is 262 g/mol. The van der Waals surface area contributed by atoms with E-state index in [2.05, 4.69) is 6.58 Å². The maximum atomic E-state index is 12.0. The number of carbonyl (C=O) groups is 2. The van der Waals surface area contributed by atoms with E-state index in [9.17, 15) is 14.7 Å². The third-order valence-corrected chi connectivity index (χ3v) is 5.12. The van der Waals surface area contributed by atoms with Crippen molar-refractivity contribution in [3.63, 3.8) is 0 Å². The van der Waals surface area contributed by atoms with Crippen molar-refractivity contribution in [1.29, 1.82) is 0 Å². The van der Waals surface area contributed by atoms with Crippen molar-refractivity contribution in [2.75, 3.05) is 0 Å². The molecule has 2 aliphatic carbocycles. The van der Waals surface area contributed by atoms with E-state index < -0.39 is 17.6 Å². The van der Waals surface area contributed by atoms with Crippen molar-refractivity contribution >= 4 is 11.8 Å². The summed E-state index contributed by atoms with van der Waals surface area (Å²) in [4.78, 5) is 23.7. The fourth-order valence-corrected chi connectivity index (χ4v) is 3.80. The van der Waals surface area contributed by atoms with Crippen LogP contribution in [0.15, 0.2) is 23.3 Å². The summed E-state index contributed by atoms with van der Waals surface area (Å²) in [5, 5.41) is 10.3. The molecule has 0 amide bonds. The van der Waals surface area contributed by atoms with Gasteiger partial charge in [0.05, 0.1) is 6.10 Å². The number of hydrogen-bond acceptors (Lipinski definition) is 4. The Balaban J connectivity index is 2.14. The van der Waals surface area contributed by atoms with Crippen molar-refractivity contribution in [2.45, 2.75) is 45.3 Å². The Morgan fingerprint density at radius 3 is 2.79 bits per heavy atom. The largest absolute Gasteiger partial charge is 0.454 e. The van der Waals surface area contributed by atoms with E-state index >= 15 is 0 Å². The average Bonchev–Trinajstić information content (AvgIpc) is 2.63. The van der Waals surface area contributed by atoms with Gasteiger partial charge in [-0.25, -0.2) is 4.79 Å². The standard InChI is InChI=1S/C15H18O4/c1-7-9-4-5-15(3)11(17)6-10(16)8(2)12(15)13(9)19-14(7)18/h9,11,13,17H,1,4-6H2,2-3H3/t9-,11-,13-,15-/m0/s1. The lowest BCUT2D eigenvalue weighted by molar-refractivity contribution is -0.140.